The summed E-state index contributed by atoms with van der Waals surface area (Å²) in [7, 11) is 0. The van der Waals surface area contributed by atoms with Gasteiger partial charge in [-0.1, -0.05) is 32.4 Å². The molecule has 1 aliphatic carbocycles. The number of pyridine rings is 1. The van der Waals surface area contributed by atoms with Crippen LogP contribution >= 0.6 is 11.6 Å². The molecule has 1 aliphatic rings. The van der Waals surface area contributed by atoms with Crippen molar-refractivity contribution in [2.24, 2.45) is 11.3 Å². The van der Waals surface area contributed by atoms with Crippen molar-refractivity contribution in [2.45, 2.75) is 84.4 Å². The summed E-state index contributed by atoms with van der Waals surface area (Å²) in [5.74, 6) is -1.23. The van der Waals surface area contributed by atoms with Gasteiger partial charge in [-0.3, -0.25) is 9.48 Å². The van der Waals surface area contributed by atoms with E-state index >= 15 is 0 Å². The topological polar surface area (TPSA) is 144 Å². The number of aryl methyl sites for hydroxylation is 1. The smallest absolute Gasteiger partial charge is 0.394 e. The van der Waals surface area contributed by atoms with Crippen molar-refractivity contribution in [1.29, 1.82) is 0 Å². The lowest BCUT2D eigenvalue weighted by atomic mass is 9.77. The van der Waals surface area contributed by atoms with Gasteiger partial charge in [-0.15, -0.1) is 0 Å². The van der Waals surface area contributed by atoms with Gasteiger partial charge in [-0.2, -0.15) is 35.5 Å². The van der Waals surface area contributed by atoms with Crippen LogP contribution in [0.15, 0.2) is 12.1 Å². The Morgan fingerprint density at radius 1 is 1.31 bits per heavy atom. The zero-order valence-corrected chi connectivity index (χ0v) is 24.7. The Bertz CT molecular complexity index is 1290. The molecule has 2 heterocycles. The Labute approximate surface area is 247 Å². The van der Waals surface area contributed by atoms with Gasteiger partial charge >= 0.3 is 24.4 Å². The molecular weight excluding hydrogens is 615 g/mol. The van der Waals surface area contributed by atoms with Crippen molar-refractivity contribution in [3.8, 4) is 17.1 Å². The summed E-state index contributed by atoms with van der Waals surface area (Å²) in [6.45, 7) is 2.06. The molecule has 3 rings (SSSR count). The highest BCUT2D eigenvalue weighted by Gasteiger charge is 2.47. The summed E-state index contributed by atoms with van der Waals surface area (Å²) in [5, 5.41) is 27.6. The number of nitrogens with zero attached hydrogens (tertiary/aromatic N) is 3. The summed E-state index contributed by atoms with van der Waals surface area (Å²) >= 11 is 5.73. The first kappa shape index (κ1) is 35.5. The number of nitrogens with one attached hydrogen (secondary N) is 1. The summed E-state index contributed by atoms with van der Waals surface area (Å²) in [4.78, 5) is 16.9. The van der Waals surface area contributed by atoms with E-state index in [1.54, 1.807) is 6.92 Å². The molecule has 42 heavy (non-hydrogen) atoms. The fraction of sp³-hybridized carbons (Fsp3) is 0.640. The Morgan fingerprint density at radius 3 is 2.45 bits per heavy atom. The maximum Gasteiger partial charge on any atom is 0.394 e. The molecule has 0 spiro atoms. The van der Waals surface area contributed by atoms with E-state index in [1.807, 2.05) is 6.92 Å². The van der Waals surface area contributed by atoms with Gasteiger partial charge in [-0.05, 0) is 44.2 Å². The molecule has 2 aromatic heterocycles. The third-order valence-corrected chi connectivity index (χ3v) is 7.40. The van der Waals surface area contributed by atoms with E-state index in [1.165, 1.54) is 16.8 Å². The van der Waals surface area contributed by atoms with Crippen molar-refractivity contribution >= 4 is 29.1 Å². The standard InChI is InChI=1S/C25H32ClF5N4O4.O2S/c1-5-35-19(15-7-6-14(33-21(15)39-22(27)28)11-23(3,4)25(29,30)31)17(26)18(34-35)20(37)32-12-24(38)9-8-13(2)10-16(24)36;1-3-2/h6-7,13,16,22,36,38H,5,8-12H2,1-4H3,(H,32,37);/t13-,16-,24-;/m1./s1. The van der Waals surface area contributed by atoms with Crippen LogP contribution in [0.3, 0.4) is 0 Å². The zero-order valence-electron chi connectivity index (χ0n) is 23.2. The van der Waals surface area contributed by atoms with E-state index in [-0.39, 0.29) is 53.1 Å². The van der Waals surface area contributed by atoms with Crippen LogP contribution in [0.2, 0.25) is 5.02 Å². The van der Waals surface area contributed by atoms with Crippen molar-refractivity contribution in [2.75, 3.05) is 6.54 Å². The van der Waals surface area contributed by atoms with Crippen LogP contribution in [0.5, 0.6) is 5.88 Å². The molecule has 3 N–H and O–H groups in total. The van der Waals surface area contributed by atoms with Gasteiger partial charge in [0.25, 0.3) is 5.91 Å². The van der Waals surface area contributed by atoms with Crippen molar-refractivity contribution in [3.63, 3.8) is 0 Å². The minimum absolute atomic E-state index is 0.000615. The number of aliphatic hydroxyl groups is 2. The summed E-state index contributed by atoms with van der Waals surface area (Å²) < 4.78 is 89.0. The van der Waals surface area contributed by atoms with Gasteiger partial charge < -0.3 is 20.3 Å². The first-order chi connectivity index (χ1) is 19.4. The molecule has 2 aromatic rings. The second kappa shape index (κ2) is 14.2. The monoisotopic (exact) mass is 646 g/mol. The quantitative estimate of drug-likeness (QED) is 0.342. The fourth-order valence-corrected chi connectivity index (χ4v) is 4.78. The minimum Gasteiger partial charge on any atom is -0.416 e. The van der Waals surface area contributed by atoms with Crippen molar-refractivity contribution in [3.05, 3.63) is 28.5 Å². The summed E-state index contributed by atoms with van der Waals surface area (Å²) in [5.41, 5.74) is -4.24. The van der Waals surface area contributed by atoms with Gasteiger partial charge in [0.2, 0.25) is 5.88 Å². The van der Waals surface area contributed by atoms with Crippen molar-refractivity contribution < 1.29 is 50.1 Å². The van der Waals surface area contributed by atoms with E-state index in [0.29, 0.717) is 12.8 Å². The predicted octanol–water partition coefficient (Wildman–Crippen LogP) is 4.32. The normalized spacial score (nSPS) is 21.0. The van der Waals surface area contributed by atoms with Crippen LogP contribution in [0.4, 0.5) is 22.0 Å². The van der Waals surface area contributed by atoms with E-state index in [9.17, 15) is 37.0 Å². The van der Waals surface area contributed by atoms with E-state index in [4.69, 9.17) is 20.0 Å². The second-order valence-electron chi connectivity index (χ2n) is 10.7. The molecule has 1 amide bonds. The van der Waals surface area contributed by atoms with Gasteiger partial charge in [-0.25, -0.2) is 4.98 Å². The number of aromatic nitrogens is 3. The molecule has 17 heteroatoms. The van der Waals surface area contributed by atoms with Gasteiger partial charge in [0.1, 0.15) is 5.60 Å². The number of rotatable bonds is 9. The second-order valence-corrected chi connectivity index (χ2v) is 11.2. The molecule has 0 unspecified atom stereocenters. The van der Waals surface area contributed by atoms with Gasteiger partial charge in [0.05, 0.1) is 27.8 Å². The Morgan fingerprint density at radius 2 is 1.93 bits per heavy atom. The molecule has 0 aliphatic heterocycles. The molecule has 1 fully saturated rings. The fourth-order valence-electron chi connectivity index (χ4n) is 4.46. The Kier molecular flexibility index (Phi) is 12.0. The molecule has 10 nitrogen and oxygen atoms in total. The van der Waals surface area contributed by atoms with E-state index in [0.717, 1.165) is 13.8 Å². The third kappa shape index (κ3) is 8.45. The zero-order chi connectivity index (χ0) is 32.0. The molecule has 0 aromatic carbocycles. The number of halogens is 6. The molecule has 0 bridgehead atoms. The lowest BCUT2D eigenvalue weighted by Gasteiger charge is -2.39. The number of aliphatic hydroxyl groups excluding tert-OH is 1. The number of carbonyl (C=O) groups excluding carboxylic acids is 1. The Hall–Kier alpha value is -2.69. The Balaban J connectivity index is 0.00000197. The van der Waals surface area contributed by atoms with Crippen LogP contribution in [0, 0.1) is 11.3 Å². The maximum atomic E-state index is 13.4. The average molecular weight is 647 g/mol. The number of alkyl halides is 5. The van der Waals surface area contributed by atoms with Crippen LogP contribution in [-0.2, 0) is 24.5 Å². The highest BCUT2D eigenvalue weighted by Crippen LogP contribution is 2.42. The van der Waals surface area contributed by atoms with Gasteiger partial charge in [0, 0.05) is 25.2 Å². The largest absolute Gasteiger partial charge is 0.416 e. The van der Waals surface area contributed by atoms with E-state index in [2.05, 4.69) is 20.1 Å². The first-order valence-electron chi connectivity index (χ1n) is 12.8. The predicted molar refractivity (Wildman–Crippen MR) is 142 cm³/mol. The van der Waals surface area contributed by atoms with Crippen LogP contribution in [0.1, 0.15) is 63.1 Å². The lowest BCUT2D eigenvalue weighted by Crippen LogP contribution is -2.54. The number of ether oxygens (including phenoxy) is 1. The number of carbonyl (C=O) groups is 1. The molecule has 0 radical (unpaired) electrons. The third-order valence-electron chi connectivity index (χ3n) is 7.04. The number of hydrogen-bond donors (Lipinski definition) is 3. The lowest BCUT2D eigenvalue weighted by molar-refractivity contribution is -0.211. The maximum absolute atomic E-state index is 13.4. The van der Waals surface area contributed by atoms with Crippen LogP contribution in [0.25, 0.3) is 11.3 Å². The first-order valence-corrected chi connectivity index (χ1v) is 13.8. The summed E-state index contributed by atoms with van der Waals surface area (Å²) in [6, 6.07) is 2.48. The molecule has 0 saturated heterocycles. The molecular formula is C25H32ClF5N4O6S. The molecule has 3 atom stereocenters. The van der Waals surface area contributed by atoms with Crippen LogP contribution in [-0.4, -0.2) is 70.3 Å². The number of amides is 1. The SMILES string of the molecule is CCn1nc(C(=O)NC[C@]2(O)CC[C@@H](C)C[C@H]2O)c(Cl)c1-c1ccc(CC(C)(C)C(F)(F)F)nc1OC(F)F.O=S=O. The minimum atomic E-state index is -4.57. The van der Waals surface area contributed by atoms with Gasteiger partial charge in [0.15, 0.2) is 5.69 Å². The van der Waals surface area contributed by atoms with Crippen LogP contribution < -0.4 is 10.1 Å². The summed E-state index contributed by atoms with van der Waals surface area (Å²) in [6.07, 6.45) is -4.90. The molecule has 236 valence electrons. The van der Waals surface area contributed by atoms with E-state index < -0.39 is 59.7 Å². The highest BCUT2D eigenvalue weighted by molar-refractivity contribution is 7.51. The average Bonchev–Trinajstić information content (AvgIpc) is 3.21. The van der Waals surface area contributed by atoms with Crippen molar-refractivity contribution in [1.82, 2.24) is 20.1 Å². The molecule has 1 saturated carbocycles. The highest BCUT2D eigenvalue weighted by atomic mass is 35.5. The number of hydrogen-bond acceptors (Lipinski definition) is 8.